The quantitative estimate of drug-likeness (QED) is 0.716. The van der Waals surface area contributed by atoms with Gasteiger partial charge in [-0.05, 0) is 32.8 Å². The molecule has 0 unspecified atom stereocenters. The predicted molar refractivity (Wildman–Crippen MR) is 104 cm³/mol. The van der Waals surface area contributed by atoms with Crippen LogP contribution in [-0.4, -0.2) is 46.0 Å². The van der Waals surface area contributed by atoms with Gasteiger partial charge in [0.05, 0.1) is 5.25 Å². The molecule has 2 amide bonds. The van der Waals surface area contributed by atoms with Gasteiger partial charge < -0.3 is 9.80 Å². The van der Waals surface area contributed by atoms with Crippen LogP contribution in [0.15, 0.2) is 24.3 Å². The molecule has 0 radical (unpaired) electrons. The highest BCUT2D eigenvalue weighted by Crippen LogP contribution is 2.43. The SMILES string of the molecule is CC(C)CC(=O)N(CCN1C(=O)[C@@H](C)S[C@H]1c1ccccc1F)C(C)C. The molecule has 0 N–H and O–H groups in total. The molecule has 4 nitrogen and oxygen atoms in total. The zero-order chi connectivity index (χ0) is 19.4. The summed E-state index contributed by atoms with van der Waals surface area (Å²) < 4.78 is 14.3. The Morgan fingerprint density at radius 1 is 1.27 bits per heavy atom. The molecule has 0 aromatic heterocycles. The van der Waals surface area contributed by atoms with E-state index in [1.165, 1.54) is 17.8 Å². The van der Waals surface area contributed by atoms with E-state index in [-0.39, 0.29) is 34.3 Å². The van der Waals surface area contributed by atoms with Gasteiger partial charge in [0.1, 0.15) is 11.2 Å². The monoisotopic (exact) mass is 380 g/mol. The molecule has 0 spiro atoms. The molecule has 2 rings (SSSR count). The summed E-state index contributed by atoms with van der Waals surface area (Å²) in [6, 6.07) is 6.66. The van der Waals surface area contributed by atoms with Crippen molar-refractivity contribution in [2.45, 2.75) is 57.7 Å². The summed E-state index contributed by atoms with van der Waals surface area (Å²) in [5.41, 5.74) is 0.528. The second kappa shape index (κ2) is 8.89. The Bertz CT molecular complexity index is 650. The number of halogens is 1. The first-order chi connectivity index (χ1) is 12.2. The lowest BCUT2D eigenvalue weighted by molar-refractivity contribution is -0.136. The minimum Gasteiger partial charge on any atom is -0.338 e. The molecule has 2 atom stereocenters. The summed E-state index contributed by atoms with van der Waals surface area (Å²) in [6.45, 7) is 10.7. The van der Waals surface area contributed by atoms with Gasteiger partial charge in [-0.25, -0.2) is 4.39 Å². The average Bonchev–Trinajstić information content (AvgIpc) is 2.82. The molecule has 1 heterocycles. The second-order valence-electron chi connectivity index (χ2n) is 7.46. The van der Waals surface area contributed by atoms with Crippen molar-refractivity contribution in [1.82, 2.24) is 9.80 Å². The fourth-order valence-electron chi connectivity index (χ4n) is 3.17. The molecule has 0 saturated carbocycles. The van der Waals surface area contributed by atoms with E-state index in [1.807, 2.05) is 39.5 Å². The number of benzene rings is 1. The summed E-state index contributed by atoms with van der Waals surface area (Å²) in [6.07, 6.45) is 0.494. The Balaban J connectivity index is 2.15. The van der Waals surface area contributed by atoms with Gasteiger partial charge in [-0.3, -0.25) is 9.59 Å². The smallest absolute Gasteiger partial charge is 0.236 e. The lowest BCUT2D eigenvalue weighted by Gasteiger charge is -2.31. The van der Waals surface area contributed by atoms with Crippen LogP contribution in [0.1, 0.15) is 52.0 Å². The van der Waals surface area contributed by atoms with Gasteiger partial charge in [-0.1, -0.05) is 32.0 Å². The van der Waals surface area contributed by atoms with Crippen LogP contribution in [-0.2, 0) is 9.59 Å². The van der Waals surface area contributed by atoms with Crippen molar-refractivity contribution in [3.63, 3.8) is 0 Å². The molecular weight excluding hydrogens is 351 g/mol. The van der Waals surface area contributed by atoms with Crippen LogP contribution in [0.25, 0.3) is 0 Å². The largest absolute Gasteiger partial charge is 0.338 e. The first kappa shape index (κ1) is 20.7. The number of hydrogen-bond donors (Lipinski definition) is 0. The third-order valence-electron chi connectivity index (χ3n) is 4.53. The molecule has 1 aliphatic rings. The third kappa shape index (κ3) is 4.78. The lowest BCUT2D eigenvalue weighted by atomic mass is 10.1. The predicted octanol–water partition coefficient (Wildman–Crippen LogP) is 4.07. The molecule has 0 aliphatic carbocycles. The summed E-state index contributed by atoms with van der Waals surface area (Å²) >= 11 is 1.46. The van der Waals surface area contributed by atoms with Gasteiger partial charge in [-0.2, -0.15) is 0 Å². The van der Waals surface area contributed by atoms with Crippen molar-refractivity contribution >= 4 is 23.6 Å². The minimum absolute atomic E-state index is 0.00303. The Morgan fingerprint density at radius 2 is 1.92 bits per heavy atom. The summed E-state index contributed by atoms with van der Waals surface area (Å²) in [7, 11) is 0. The molecule has 26 heavy (non-hydrogen) atoms. The molecule has 1 fully saturated rings. The van der Waals surface area contributed by atoms with Crippen LogP contribution in [0.3, 0.4) is 0 Å². The maximum absolute atomic E-state index is 14.3. The minimum atomic E-state index is -0.340. The highest BCUT2D eigenvalue weighted by Gasteiger charge is 2.39. The number of carbonyl (C=O) groups is 2. The van der Waals surface area contributed by atoms with Gasteiger partial charge >= 0.3 is 0 Å². The van der Waals surface area contributed by atoms with Crippen molar-refractivity contribution in [3.05, 3.63) is 35.6 Å². The Morgan fingerprint density at radius 3 is 2.50 bits per heavy atom. The second-order valence-corrected chi connectivity index (χ2v) is 8.89. The van der Waals surface area contributed by atoms with Crippen LogP contribution < -0.4 is 0 Å². The van der Waals surface area contributed by atoms with Crippen molar-refractivity contribution < 1.29 is 14.0 Å². The Kier molecular flexibility index (Phi) is 7.09. The first-order valence-electron chi connectivity index (χ1n) is 9.22. The first-order valence-corrected chi connectivity index (χ1v) is 10.2. The van der Waals surface area contributed by atoms with Crippen LogP contribution >= 0.6 is 11.8 Å². The molecular formula is C20H29FN2O2S. The molecule has 6 heteroatoms. The summed E-state index contributed by atoms with van der Waals surface area (Å²) in [5.74, 6) is 0.0977. The van der Waals surface area contributed by atoms with E-state index in [1.54, 1.807) is 23.1 Å². The van der Waals surface area contributed by atoms with Gasteiger partial charge in [0, 0.05) is 31.1 Å². The van der Waals surface area contributed by atoms with Gasteiger partial charge in [0.2, 0.25) is 11.8 Å². The number of thioether (sulfide) groups is 1. The Hall–Kier alpha value is -1.56. The number of carbonyl (C=O) groups excluding carboxylic acids is 2. The van der Waals surface area contributed by atoms with E-state index in [0.717, 1.165) is 0 Å². The Labute approximate surface area is 160 Å². The van der Waals surface area contributed by atoms with Crippen molar-refractivity contribution in [2.24, 2.45) is 5.92 Å². The van der Waals surface area contributed by atoms with E-state index in [0.29, 0.717) is 31.0 Å². The van der Waals surface area contributed by atoms with Gasteiger partial charge in [0.25, 0.3) is 0 Å². The lowest BCUT2D eigenvalue weighted by Crippen LogP contribution is -2.44. The highest BCUT2D eigenvalue weighted by atomic mass is 32.2. The van der Waals surface area contributed by atoms with E-state index in [9.17, 15) is 14.0 Å². The number of amides is 2. The normalized spacial score (nSPS) is 20.3. The summed E-state index contributed by atoms with van der Waals surface area (Å²) in [4.78, 5) is 28.7. The molecule has 1 aliphatic heterocycles. The zero-order valence-corrected chi connectivity index (χ0v) is 17.1. The fraction of sp³-hybridized carbons (Fsp3) is 0.600. The van der Waals surface area contributed by atoms with Gasteiger partial charge in [-0.15, -0.1) is 11.8 Å². The number of rotatable bonds is 7. The van der Waals surface area contributed by atoms with Crippen LogP contribution in [0.2, 0.25) is 0 Å². The van der Waals surface area contributed by atoms with Crippen molar-refractivity contribution in [2.75, 3.05) is 13.1 Å². The third-order valence-corrected chi connectivity index (χ3v) is 5.90. The van der Waals surface area contributed by atoms with Gasteiger partial charge in [0.15, 0.2) is 0 Å². The van der Waals surface area contributed by atoms with E-state index < -0.39 is 0 Å². The van der Waals surface area contributed by atoms with Crippen LogP contribution in [0.4, 0.5) is 4.39 Å². The molecule has 1 aromatic carbocycles. The maximum Gasteiger partial charge on any atom is 0.236 e. The standard InChI is InChI=1S/C20H29FN2O2S/c1-13(2)12-18(24)22(14(3)4)10-11-23-19(25)15(5)26-20(23)16-8-6-7-9-17(16)21/h6-9,13-15,20H,10-12H2,1-5H3/t15-,20+/m1/s1. The molecule has 1 aromatic rings. The molecule has 144 valence electrons. The topological polar surface area (TPSA) is 40.6 Å². The summed E-state index contributed by atoms with van der Waals surface area (Å²) in [5, 5.41) is -0.550. The van der Waals surface area contributed by atoms with Crippen molar-refractivity contribution in [3.8, 4) is 0 Å². The number of hydrogen-bond acceptors (Lipinski definition) is 3. The highest BCUT2D eigenvalue weighted by molar-refractivity contribution is 8.01. The van der Waals surface area contributed by atoms with Crippen LogP contribution in [0, 0.1) is 11.7 Å². The van der Waals surface area contributed by atoms with Crippen LogP contribution in [0.5, 0.6) is 0 Å². The molecule has 0 bridgehead atoms. The maximum atomic E-state index is 14.3. The molecule has 1 saturated heterocycles. The number of nitrogens with zero attached hydrogens (tertiary/aromatic N) is 2. The van der Waals surface area contributed by atoms with E-state index in [2.05, 4.69) is 0 Å². The van der Waals surface area contributed by atoms with E-state index >= 15 is 0 Å². The fourth-order valence-corrected chi connectivity index (χ4v) is 4.50. The zero-order valence-electron chi connectivity index (χ0n) is 16.2. The van der Waals surface area contributed by atoms with E-state index in [4.69, 9.17) is 0 Å². The average molecular weight is 381 g/mol. The van der Waals surface area contributed by atoms with Crippen molar-refractivity contribution in [1.29, 1.82) is 0 Å².